The van der Waals surface area contributed by atoms with Gasteiger partial charge in [0.2, 0.25) is 5.78 Å². The first kappa shape index (κ1) is 27.6. The summed E-state index contributed by atoms with van der Waals surface area (Å²) in [5.41, 5.74) is 1.37. The summed E-state index contributed by atoms with van der Waals surface area (Å²) in [5, 5.41) is 3.91. The minimum absolute atomic E-state index is 0.0212. The molecule has 1 amide bonds. The Hall–Kier alpha value is -3.48. The molecule has 6 nitrogen and oxygen atoms in total. The number of fused-ring (bicyclic) bond motifs is 1. The number of carbonyl (C=O) groups excluding carboxylic acids is 2. The lowest BCUT2D eigenvalue weighted by atomic mass is 10.1. The molecule has 198 valence electrons. The third-order valence-corrected chi connectivity index (χ3v) is 6.53. The number of hydrogen-bond donors (Lipinski definition) is 1. The molecule has 0 aliphatic carbocycles. The van der Waals surface area contributed by atoms with Gasteiger partial charge in [-0.1, -0.05) is 61.5 Å². The van der Waals surface area contributed by atoms with E-state index in [1.54, 1.807) is 48.5 Å². The van der Waals surface area contributed by atoms with Gasteiger partial charge in [-0.15, -0.1) is 0 Å². The highest BCUT2D eigenvalue weighted by Gasteiger charge is 2.24. The van der Waals surface area contributed by atoms with Crippen LogP contribution in [0.25, 0.3) is 11.0 Å². The first-order chi connectivity index (χ1) is 18.4. The zero-order valence-electron chi connectivity index (χ0n) is 21.3. The van der Waals surface area contributed by atoms with Crippen LogP contribution >= 0.6 is 23.2 Å². The third-order valence-electron chi connectivity index (χ3n) is 5.97. The van der Waals surface area contributed by atoms with Crippen molar-refractivity contribution in [3.8, 4) is 11.5 Å². The fraction of sp³-hybridized carbons (Fsp3) is 0.267. The van der Waals surface area contributed by atoms with Crippen molar-refractivity contribution >= 4 is 51.5 Å². The number of ketones is 1. The lowest BCUT2D eigenvalue weighted by molar-refractivity contribution is 0.101. The van der Waals surface area contributed by atoms with Crippen molar-refractivity contribution in [2.45, 2.75) is 39.5 Å². The molecule has 0 bridgehead atoms. The number of unbranched alkanes of at least 4 members (excludes halogenated alkanes) is 3. The van der Waals surface area contributed by atoms with Gasteiger partial charge < -0.3 is 19.2 Å². The Morgan fingerprint density at radius 2 is 1.58 bits per heavy atom. The van der Waals surface area contributed by atoms with E-state index in [4.69, 9.17) is 37.1 Å². The van der Waals surface area contributed by atoms with Gasteiger partial charge in [0.15, 0.2) is 11.5 Å². The van der Waals surface area contributed by atoms with Crippen molar-refractivity contribution in [1.82, 2.24) is 0 Å². The summed E-state index contributed by atoms with van der Waals surface area (Å²) in [5.74, 6) is 0.164. The van der Waals surface area contributed by atoms with Crippen LogP contribution in [0, 0.1) is 0 Å². The van der Waals surface area contributed by atoms with Crippen LogP contribution in [0.15, 0.2) is 65.1 Å². The summed E-state index contributed by atoms with van der Waals surface area (Å²) in [4.78, 5) is 26.7. The van der Waals surface area contributed by atoms with Crippen LogP contribution in [0.3, 0.4) is 0 Å². The summed E-state index contributed by atoms with van der Waals surface area (Å²) in [6.07, 6.45) is 4.21. The maximum atomic E-state index is 13.4. The summed E-state index contributed by atoms with van der Waals surface area (Å²) < 4.78 is 17.1. The van der Waals surface area contributed by atoms with E-state index in [9.17, 15) is 9.59 Å². The molecule has 1 heterocycles. The second kappa shape index (κ2) is 12.9. The molecule has 1 N–H and O–H groups in total. The summed E-state index contributed by atoms with van der Waals surface area (Å²) in [6.45, 7) is 5.04. The molecule has 0 unspecified atom stereocenters. The van der Waals surface area contributed by atoms with E-state index in [0.717, 1.165) is 25.7 Å². The number of furan rings is 1. The molecular formula is C30H29Cl2NO5. The van der Waals surface area contributed by atoms with Gasteiger partial charge in [0.05, 0.1) is 28.9 Å². The zero-order chi connectivity index (χ0) is 27.1. The first-order valence-electron chi connectivity index (χ1n) is 12.6. The fourth-order valence-corrected chi connectivity index (χ4v) is 4.64. The van der Waals surface area contributed by atoms with Crippen LogP contribution in [0.1, 0.15) is 66.0 Å². The van der Waals surface area contributed by atoms with Crippen molar-refractivity contribution in [3.63, 3.8) is 0 Å². The average Bonchev–Trinajstić information content (AvgIpc) is 3.28. The predicted molar refractivity (Wildman–Crippen MR) is 151 cm³/mol. The minimum Gasteiger partial charge on any atom is -0.494 e. The smallest absolute Gasteiger partial charge is 0.255 e. The number of hydrogen-bond acceptors (Lipinski definition) is 5. The van der Waals surface area contributed by atoms with E-state index in [1.807, 2.05) is 6.92 Å². The first-order valence-corrected chi connectivity index (χ1v) is 13.4. The number of anilines is 1. The highest BCUT2D eigenvalue weighted by Crippen LogP contribution is 2.36. The molecule has 0 radical (unpaired) electrons. The number of rotatable bonds is 12. The normalized spacial score (nSPS) is 10.9. The molecule has 0 aliphatic heterocycles. The Morgan fingerprint density at radius 3 is 2.26 bits per heavy atom. The summed E-state index contributed by atoms with van der Waals surface area (Å²) in [6, 6.07) is 16.9. The molecule has 4 aromatic rings. The maximum absolute atomic E-state index is 13.4. The van der Waals surface area contributed by atoms with Crippen molar-refractivity contribution in [2.24, 2.45) is 0 Å². The largest absolute Gasteiger partial charge is 0.494 e. The second-order valence-electron chi connectivity index (χ2n) is 8.72. The minimum atomic E-state index is -0.490. The van der Waals surface area contributed by atoms with Crippen molar-refractivity contribution in [3.05, 3.63) is 87.6 Å². The Labute approximate surface area is 231 Å². The molecule has 0 saturated heterocycles. The number of amides is 1. The molecule has 4 rings (SSSR count). The standard InChI is InChI=1S/C30H29Cl2NO5/c1-3-5-6-9-16-37-28-23(31)17-20(18-24(28)32)30(35)33-26-22-10-7-8-11-25(22)38-29(26)27(34)19-12-14-21(15-13-19)36-4-2/h7-8,10-15,17-18H,3-6,9,16H2,1-2H3,(H,33,35). The van der Waals surface area contributed by atoms with Gasteiger partial charge in [-0.25, -0.2) is 0 Å². The molecule has 0 saturated carbocycles. The lowest BCUT2D eigenvalue weighted by Gasteiger charge is -2.12. The van der Waals surface area contributed by atoms with Crippen LogP contribution in [-0.2, 0) is 0 Å². The van der Waals surface area contributed by atoms with Gasteiger partial charge in [-0.05, 0) is 61.9 Å². The van der Waals surface area contributed by atoms with Crippen LogP contribution in [-0.4, -0.2) is 24.9 Å². The predicted octanol–water partition coefficient (Wildman–Crippen LogP) is 8.58. The Morgan fingerprint density at radius 1 is 0.868 bits per heavy atom. The molecule has 0 fully saturated rings. The molecule has 8 heteroatoms. The molecule has 3 aromatic carbocycles. The van der Waals surface area contributed by atoms with E-state index in [2.05, 4.69) is 12.2 Å². The molecule has 0 spiro atoms. The van der Waals surface area contributed by atoms with E-state index < -0.39 is 5.91 Å². The second-order valence-corrected chi connectivity index (χ2v) is 9.54. The van der Waals surface area contributed by atoms with Gasteiger partial charge in [-0.2, -0.15) is 0 Å². The molecule has 1 aromatic heterocycles. The monoisotopic (exact) mass is 553 g/mol. The highest BCUT2D eigenvalue weighted by atomic mass is 35.5. The van der Waals surface area contributed by atoms with E-state index >= 15 is 0 Å². The van der Waals surface area contributed by atoms with Crippen molar-refractivity contribution in [1.29, 1.82) is 0 Å². The number of nitrogens with one attached hydrogen (secondary N) is 1. The number of para-hydroxylation sites is 1. The summed E-state index contributed by atoms with van der Waals surface area (Å²) >= 11 is 12.8. The van der Waals surface area contributed by atoms with Crippen molar-refractivity contribution < 1.29 is 23.5 Å². The van der Waals surface area contributed by atoms with E-state index in [0.29, 0.717) is 41.2 Å². The number of benzene rings is 3. The molecule has 38 heavy (non-hydrogen) atoms. The maximum Gasteiger partial charge on any atom is 0.255 e. The van der Waals surface area contributed by atoms with Gasteiger partial charge in [0.25, 0.3) is 5.91 Å². The van der Waals surface area contributed by atoms with Crippen molar-refractivity contribution in [2.75, 3.05) is 18.5 Å². The number of carbonyl (C=O) groups is 2. The SMILES string of the molecule is CCCCCCOc1c(Cl)cc(C(=O)Nc2c(C(=O)c3ccc(OCC)cc3)oc3ccccc23)cc1Cl. The Bertz CT molecular complexity index is 1410. The summed E-state index contributed by atoms with van der Waals surface area (Å²) in [7, 11) is 0. The third kappa shape index (κ3) is 6.32. The van der Waals surface area contributed by atoms with Gasteiger partial charge >= 0.3 is 0 Å². The molecule has 0 aliphatic rings. The van der Waals surface area contributed by atoms with Crippen LogP contribution in [0.5, 0.6) is 11.5 Å². The lowest BCUT2D eigenvalue weighted by Crippen LogP contribution is -2.14. The fourth-order valence-electron chi connectivity index (χ4n) is 4.05. The van der Waals surface area contributed by atoms with Gasteiger partial charge in [0, 0.05) is 16.5 Å². The van der Waals surface area contributed by atoms with Crippen LogP contribution < -0.4 is 14.8 Å². The molecule has 0 atom stereocenters. The number of ether oxygens (including phenoxy) is 2. The zero-order valence-corrected chi connectivity index (χ0v) is 22.8. The average molecular weight is 554 g/mol. The Balaban J connectivity index is 1.59. The number of halogens is 2. The molecular weight excluding hydrogens is 525 g/mol. The van der Waals surface area contributed by atoms with Crippen LogP contribution in [0.4, 0.5) is 5.69 Å². The quantitative estimate of drug-likeness (QED) is 0.140. The Kier molecular flexibility index (Phi) is 9.32. The highest BCUT2D eigenvalue weighted by molar-refractivity contribution is 6.38. The topological polar surface area (TPSA) is 77.8 Å². The van der Waals surface area contributed by atoms with Gasteiger partial charge in [0.1, 0.15) is 11.3 Å². The van der Waals surface area contributed by atoms with E-state index in [1.165, 1.54) is 12.1 Å². The van der Waals surface area contributed by atoms with Crippen LogP contribution in [0.2, 0.25) is 10.0 Å². The van der Waals surface area contributed by atoms with Gasteiger partial charge in [-0.3, -0.25) is 9.59 Å². The van der Waals surface area contributed by atoms with E-state index in [-0.39, 0.29) is 32.8 Å².